The summed E-state index contributed by atoms with van der Waals surface area (Å²) in [6.45, 7) is 14.7. The minimum Gasteiger partial charge on any atom is -0.325 e. The molecule has 1 aliphatic rings. The summed E-state index contributed by atoms with van der Waals surface area (Å²) in [4.78, 5) is 2.65. The van der Waals surface area contributed by atoms with Crippen molar-refractivity contribution < 1.29 is 0 Å². The maximum Gasteiger partial charge on any atom is 0.0161 e. The van der Waals surface area contributed by atoms with Crippen LogP contribution >= 0.6 is 0 Å². The van der Waals surface area contributed by atoms with Gasteiger partial charge in [0, 0.05) is 24.2 Å². The van der Waals surface area contributed by atoms with Gasteiger partial charge in [-0.1, -0.05) is 20.3 Å². The molecule has 0 aromatic heterocycles. The van der Waals surface area contributed by atoms with E-state index in [0.29, 0.717) is 12.1 Å². The fourth-order valence-corrected chi connectivity index (χ4v) is 2.45. The molecule has 2 atom stereocenters. The van der Waals surface area contributed by atoms with Crippen LogP contribution in [-0.2, 0) is 0 Å². The van der Waals surface area contributed by atoms with Crippen LogP contribution in [0, 0.1) is 5.41 Å². The van der Waals surface area contributed by atoms with E-state index >= 15 is 0 Å². The highest BCUT2D eigenvalue weighted by atomic mass is 15.2. The predicted molar refractivity (Wildman–Crippen MR) is 71.5 cm³/mol. The van der Waals surface area contributed by atoms with Gasteiger partial charge < -0.3 is 5.73 Å². The number of rotatable bonds is 3. The van der Waals surface area contributed by atoms with Crippen LogP contribution in [0.5, 0.6) is 0 Å². The second-order valence-corrected chi connectivity index (χ2v) is 6.91. The standard InChI is InChI=1S/C14H30N2/c1-11-8-7-9-12(2)16(11)10-13(3,4)14(5,6)15/h11-12H,7-10,15H2,1-6H3/t11-,12+. The first-order valence-corrected chi connectivity index (χ1v) is 6.70. The van der Waals surface area contributed by atoms with Crippen molar-refractivity contribution in [2.45, 2.75) is 78.4 Å². The van der Waals surface area contributed by atoms with E-state index in [-0.39, 0.29) is 11.0 Å². The largest absolute Gasteiger partial charge is 0.325 e. The van der Waals surface area contributed by atoms with Gasteiger partial charge in [0.05, 0.1) is 0 Å². The fourth-order valence-electron chi connectivity index (χ4n) is 2.45. The van der Waals surface area contributed by atoms with Crippen molar-refractivity contribution in [2.24, 2.45) is 11.1 Å². The third-order valence-corrected chi connectivity index (χ3v) is 4.70. The number of hydrogen-bond acceptors (Lipinski definition) is 2. The normalized spacial score (nSPS) is 29.4. The molecule has 0 bridgehead atoms. The lowest BCUT2D eigenvalue weighted by Crippen LogP contribution is -2.56. The van der Waals surface area contributed by atoms with Gasteiger partial charge >= 0.3 is 0 Å². The van der Waals surface area contributed by atoms with Gasteiger partial charge in [-0.3, -0.25) is 4.90 Å². The summed E-state index contributed by atoms with van der Waals surface area (Å²) < 4.78 is 0. The molecule has 1 aliphatic heterocycles. The van der Waals surface area contributed by atoms with Gasteiger partial charge in [0.25, 0.3) is 0 Å². The molecular weight excluding hydrogens is 196 g/mol. The number of likely N-dealkylation sites (tertiary alicyclic amines) is 1. The van der Waals surface area contributed by atoms with E-state index < -0.39 is 0 Å². The summed E-state index contributed by atoms with van der Waals surface area (Å²) in [5.41, 5.74) is 6.33. The topological polar surface area (TPSA) is 29.3 Å². The molecule has 16 heavy (non-hydrogen) atoms. The number of piperidine rings is 1. The summed E-state index contributed by atoms with van der Waals surface area (Å²) >= 11 is 0. The van der Waals surface area contributed by atoms with Crippen molar-refractivity contribution in [3.63, 3.8) is 0 Å². The lowest BCUT2D eigenvalue weighted by atomic mass is 9.74. The van der Waals surface area contributed by atoms with Gasteiger partial charge in [0.2, 0.25) is 0 Å². The molecule has 96 valence electrons. The summed E-state index contributed by atoms with van der Waals surface area (Å²) in [6, 6.07) is 1.43. The summed E-state index contributed by atoms with van der Waals surface area (Å²) in [5, 5.41) is 0. The summed E-state index contributed by atoms with van der Waals surface area (Å²) in [7, 11) is 0. The SMILES string of the molecule is C[C@@H]1CCC[C@H](C)N1CC(C)(C)C(C)(C)N. The van der Waals surface area contributed by atoms with Crippen LogP contribution in [0.15, 0.2) is 0 Å². The second kappa shape index (κ2) is 4.66. The molecule has 0 unspecified atom stereocenters. The minimum absolute atomic E-state index is 0.121. The minimum atomic E-state index is -0.121. The highest BCUT2D eigenvalue weighted by Gasteiger charge is 2.38. The van der Waals surface area contributed by atoms with Crippen LogP contribution in [0.4, 0.5) is 0 Å². The van der Waals surface area contributed by atoms with Crippen LogP contribution in [0.3, 0.4) is 0 Å². The Morgan fingerprint density at radius 2 is 1.50 bits per heavy atom. The average molecular weight is 226 g/mol. The van der Waals surface area contributed by atoms with E-state index in [2.05, 4.69) is 46.4 Å². The smallest absolute Gasteiger partial charge is 0.0161 e. The molecule has 0 saturated carbocycles. The third kappa shape index (κ3) is 2.98. The highest BCUT2D eigenvalue weighted by molar-refractivity contribution is 4.94. The zero-order valence-electron chi connectivity index (χ0n) is 12.0. The van der Waals surface area contributed by atoms with Crippen molar-refractivity contribution in [2.75, 3.05) is 6.54 Å². The molecule has 0 aliphatic carbocycles. The van der Waals surface area contributed by atoms with E-state index in [1.54, 1.807) is 0 Å². The number of nitrogens with zero attached hydrogens (tertiary/aromatic N) is 1. The number of nitrogens with two attached hydrogens (primary N) is 1. The van der Waals surface area contributed by atoms with Gasteiger partial charge in [0.15, 0.2) is 0 Å². The molecule has 2 heteroatoms. The van der Waals surface area contributed by atoms with Crippen molar-refractivity contribution in [1.82, 2.24) is 4.90 Å². The molecule has 0 radical (unpaired) electrons. The molecule has 1 saturated heterocycles. The van der Waals surface area contributed by atoms with E-state index in [1.807, 2.05) is 0 Å². The predicted octanol–water partition coefficient (Wildman–Crippen LogP) is 3.01. The Balaban J connectivity index is 2.71. The lowest BCUT2D eigenvalue weighted by molar-refractivity contribution is 0.0343. The first-order valence-electron chi connectivity index (χ1n) is 6.70. The van der Waals surface area contributed by atoms with E-state index in [9.17, 15) is 0 Å². The van der Waals surface area contributed by atoms with Crippen molar-refractivity contribution in [3.05, 3.63) is 0 Å². The Bertz CT molecular complexity index is 217. The first kappa shape index (κ1) is 14.0. The summed E-state index contributed by atoms with van der Waals surface area (Å²) in [6.07, 6.45) is 4.06. The molecule has 0 amide bonds. The molecule has 2 N–H and O–H groups in total. The Morgan fingerprint density at radius 3 is 1.88 bits per heavy atom. The van der Waals surface area contributed by atoms with Crippen LogP contribution < -0.4 is 5.73 Å². The van der Waals surface area contributed by atoms with Crippen LogP contribution in [-0.4, -0.2) is 29.1 Å². The fraction of sp³-hybridized carbons (Fsp3) is 1.00. The quantitative estimate of drug-likeness (QED) is 0.801. The molecule has 1 fully saturated rings. The molecule has 1 heterocycles. The van der Waals surface area contributed by atoms with Gasteiger partial charge in [-0.25, -0.2) is 0 Å². The third-order valence-electron chi connectivity index (χ3n) is 4.70. The van der Waals surface area contributed by atoms with Crippen LogP contribution in [0.2, 0.25) is 0 Å². The second-order valence-electron chi connectivity index (χ2n) is 6.91. The molecular formula is C14H30N2. The van der Waals surface area contributed by atoms with Gasteiger partial charge in [-0.15, -0.1) is 0 Å². The Labute approximate surface area is 102 Å². The van der Waals surface area contributed by atoms with Gasteiger partial charge in [-0.05, 0) is 46.0 Å². The molecule has 0 aromatic rings. The zero-order chi connectivity index (χ0) is 12.6. The highest BCUT2D eigenvalue weighted by Crippen LogP contribution is 2.33. The van der Waals surface area contributed by atoms with Gasteiger partial charge in [-0.2, -0.15) is 0 Å². The molecule has 0 spiro atoms. The molecule has 2 nitrogen and oxygen atoms in total. The maximum absolute atomic E-state index is 6.29. The van der Waals surface area contributed by atoms with E-state index in [0.717, 1.165) is 6.54 Å². The lowest BCUT2D eigenvalue weighted by Gasteiger charge is -2.47. The zero-order valence-corrected chi connectivity index (χ0v) is 12.0. The molecule has 0 aromatic carbocycles. The average Bonchev–Trinajstić information content (AvgIpc) is 2.10. The Hall–Kier alpha value is -0.0800. The van der Waals surface area contributed by atoms with E-state index in [4.69, 9.17) is 5.73 Å². The van der Waals surface area contributed by atoms with Crippen LogP contribution in [0.25, 0.3) is 0 Å². The summed E-state index contributed by atoms with van der Waals surface area (Å²) in [5.74, 6) is 0. The van der Waals surface area contributed by atoms with Gasteiger partial charge in [0.1, 0.15) is 0 Å². The Morgan fingerprint density at radius 1 is 1.06 bits per heavy atom. The Kier molecular flexibility index (Phi) is 4.07. The monoisotopic (exact) mass is 226 g/mol. The van der Waals surface area contributed by atoms with Crippen molar-refractivity contribution >= 4 is 0 Å². The maximum atomic E-state index is 6.29. The van der Waals surface area contributed by atoms with Crippen LogP contribution in [0.1, 0.15) is 60.8 Å². The van der Waals surface area contributed by atoms with Crippen molar-refractivity contribution in [1.29, 1.82) is 0 Å². The first-order chi connectivity index (χ1) is 7.15. The van der Waals surface area contributed by atoms with Crippen molar-refractivity contribution in [3.8, 4) is 0 Å². The molecule has 1 rings (SSSR count). The van der Waals surface area contributed by atoms with E-state index in [1.165, 1.54) is 19.3 Å². The number of hydrogen-bond donors (Lipinski definition) is 1.